The predicted molar refractivity (Wildman–Crippen MR) is 85.5 cm³/mol. The number of halogens is 4. The summed E-state index contributed by atoms with van der Waals surface area (Å²) in [5.74, 6) is -2.45. The van der Waals surface area contributed by atoms with E-state index in [1.54, 1.807) is 6.92 Å². The van der Waals surface area contributed by atoms with Crippen LogP contribution in [0.5, 0.6) is 0 Å². The number of hydrogen-bond donors (Lipinski definition) is 1. The number of nitrogens with zero attached hydrogens (tertiary/aromatic N) is 3. The Morgan fingerprint density at radius 1 is 1.35 bits per heavy atom. The molecule has 2 aromatic heterocycles. The van der Waals surface area contributed by atoms with Crippen LogP contribution in [-0.2, 0) is 12.7 Å². The molecule has 3 aromatic rings. The van der Waals surface area contributed by atoms with Crippen LogP contribution in [0.1, 0.15) is 26.5 Å². The zero-order valence-electron chi connectivity index (χ0n) is 13.2. The predicted octanol–water partition coefficient (Wildman–Crippen LogP) is 4.22. The first-order valence-electron chi connectivity index (χ1n) is 7.24. The van der Waals surface area contributed by atoms with Crippen molar-refractivity contribution in [1.82, 2.24) is 14.8 Å². The molecule has 3 rings (SSSR count). The molecule has 0 radical (unpaired) electrons. The van der Waals surface area contributed by atoms with Gasteiger partial charge in [-0.1, -0.05) is 0 Å². The van der Waals surface area contributed by atoms with Crippen molar-refractivity contribution < 1.29 is 27.5 Å². The van der Waals surface area contributed by atoms with Crippen LogP contribution in [-0.4, -0.2) is 25.8 Å². The zero-order chi connectivity index (χ0) is 19.1. The largest absolute Gasteiger partial charge is 0.478 e. The van der Waals surface area contributed by atoms with Crippen molar-refractivity contribution in [3.8, 4) is 10.6 Å². The molecule has 0 aliphatic rings. The Hall–Kier alpha value is -2.75. The topological polar surface area (TPSA) is 68.0 Å². The van der Waals surface area contributed by atoms with Gasteiger partial charge in [0.1, 0.15) is 10.8 Å². The highest BCUT2D eigenvalue weighted by Crippen LogP contribution is 2.35. The van der Waals surface area contributed by atoms with Crippen LogP contribution < -0.4 is 0 Å². The van der Waals surface area contributed by atoms with Crippen molar-refractivity contribution in [1.29, 1.82) is 0 Å². The molecule has 0 aliphatic carbocycles. The normalized spacial score (nSPS) is 11.7. The molecule has 0 unspecified atom stereocenters. The lowest BCUT2D eigenvalue weighted by Gasteiger charge is -2.08. The number of carboxylic acid groups (broad SMARTS) is 1. The van der Waals surface area contributed by atoms with Gasteiger partial charge < -0.3 is 5.11 Å². The van der Waals surface area contributed by atoms with Gasteiger partial charge in [0.15, 0.2) is 0 Å². The third-order valence-corrected chi connectivity index (χ3v) is 4.67. The lowest BCUT2D eigenvalue weighted by molar-refractivity contribution is -0.139. The van der Waals surface area contributed by atoms with Gasteiger partial charge in [0.25, 0.3) is 0 Å². The Morgan fingerprint density at radius 2 is 2.08 bits per heavy atom. The SMILES string of the molecule is Cc1sc(-c2ccc(F)c(C(F)(F)F)c2)nc1Cn1cc(C(=O)O)cn1. The number of thiazole rings is 1. The summed E-state index contributed by atoms with van der Waals surface area (Å²) in [6.45, 7) is 1.91. The minimum atomic E-state index is -4.79. The first-order chi connectivity index (χ1) is 12.1. The summed E-state index contributed by atoms with van der Waals surface area (Å²) in [7, 11) is 0. The van der Waals surface area contributed by atoms with Crippen LogP contribution in [0.4, 0.5) is 17.6 Å². The van der Waals surface area contributed by atoms with Crippen LogP contribution in [0, 0.1) is 12.7 Å². The molecular formula is C16H11F4N3O2S. The first-order valence-corrected chi connectivity index (χ1v) is 8.06. The van der Waals surface area contributed by atoms with E-state index in [4.69, 9.17) is 5.11 Å². The molecule has 0 amide bonds. The second-order valence-electron chi connectivity index (χ2n) is 5.45. The van der Waals surface area contributed by atoms with Crippen molar-refractivity contribution in [2.75, 3.05) is 0 Å². The standard InChI is InChI=1S/C16H11F4N3O2S/c1-8-13(7-23-6-10(5-21-23)15(24)25)22-14(26-8)9-2-3-12(17)11(4-9)16(18,19)20/h2-6H,7H2,1H3,(H,24,25). The van der Waals surface area contributed by atoms with Gasteiger partial charge in [-0.25, -0.2) is 14.2 Å². The number of aryl methyl sites for hydroxylation is 1. The van der Waals surface area contributed by atoms with Crippen molar-refractivity contribution >= 4 is 17.3 Å². The molecular weight excluding hydrogens is 374 g/mol. The molecule has 136 valence electrons. The van der Waals surface area contributed by atoms with E-state index < -0.39 is 23.5 Å². The van der Waals surface area contributed by atoms with Crippen molar-refractivity contribution in [2.24, 2.45) is 0 Å². The fraction of sp³-hybridized carbons (Fsp3) is 0.188. The zero-order valence-corrected chi connectivity index (χ0v) is 14.0. The quantitative estimate of drug-likeness (QED) is 0.683. The summed E-state index contributed by atoms with van der Waals surface area (Å²) in [6.07, 6.45) is -2.27. The summed E-state index contributed by atoms with van der Waals surface area (Å²) in [6, 6.07) is 2.73. The van der Waals surface area contributed by atoms with Gasteiger partial charge in [0.05, 0.1) is 29.6 Å². The van der Waals surface area contributed by atoms with Crippen molar-refractivity contribution in [3.63, 3.8) is 0 Å². The van der Waals surface area contributed by atoms with Gasteiger partial charge in [-0.3, -0.25) is 4.68 Å². The maximum Gasteiger partial charge on any atom is 0.419 e. The summed E-state index contributed by atoms with van der Waals surface area (Å²) < 4.78 is 53.4. The second kappa shape index (κ2) is 6.52. The summed E-state index contributed by atoms with van der Waals surface area (Å²) >= 11 is 1.17. The van der Waals surface area contributed by atoms with Crippen LogP contribution in [0.15, 0.2) is 30.6 Å². The van der Waals surface area contributed by atoms with E-state index in [0.717, 1.165) is 17.0 Å². The molecule has 5 nitrogen and oxygen atoms in total. The fourth-order valence-corrected chi connectivity index (χ4v) is 3.21. The Balaban J connectivity index is 1.91. The first kappa shape index (κ1) is 18.1. The van der Waals surface area contributed by atoms with E-state index >= 15 is 0 Å². The molecule has 0 spiro atoms. The van der Waals surface area contributed by atoms with Gasteiger partial charge in [0, 0.05) is 16.6 Å². The lowest BCUT2D eigenvalue weighted by Crippen LogP contribution is -2.08. The van der Waals surface area contributed by atoms with Crippen LogP contribution >= 0.6 is 11.3 Å². The number of alkyl halides is 3. The maximum atomic E-state index is 13.4. The highest BCUT2D eigenvalue weighted by atomic mass is 32.1. The number of aromatic carboxylic acids is 1. The molecule has 2 heterocycles. The molecule has 0 bridgehead atoms. The van der Waals surface area contributed by atoms with Crippen LogP contribution in [0.25, 0.3) is 10.6 Å². The minimum absolute atomic E-state index is 0.0199. The Kier molecular flexibility index (Phi) is 4.53. The lowest BCUT2D eigenvalue weighted by atomic mass is 10.1. The number of benzene rings is 1. The number of aromatic nitrogens is 3. The molecule has 26 heavy (non-hydrogen) atoms. The van der Waals surface area contributed by atoms with E-state index in [1.807, 2.05) is 0 Å². The fourth-order valence-electron chi connectivity index (χ4n) is 2.29. The highest BCUT2D eigenvalue weighted by molar-refractivity contribution is 7.15. The molecule has 1 N–H and O–H groups in total. The molecule has 0 aliphatic heterocycles. The molecule has 1 aromatic carbocycles. The monoisotopic (exact) mass is 385 g/mol. The third kappa shape index (κ3) is 3.59. The molecule has 0 saturated carbocycles. The van der Waals surface area contributed by atoms with Crippen LogP contribution in [0.2, 0.25) is 0 Å². The summed E-state index contributed by atoms with van der Waals surface area (Å²) in [4.78, 5) is 15.9. The Bertz CT molecular complexity index is 978. The van der Waals surface area contributed by atoms with Gasteiger partial charge in [0.2, 0.25) is 0 Å². The van der Waals surface area contributed by atoms with Crippen LogP contribution in [0.3, 0.4) is 0 Å². The number of rotatable bonds is 4. The van der Waals surface area contributed by atoms with Gasteiger partial charge in [-0.05, 0) is 25.1 Å². The Labute approximate surface area is 148 Å². The minimum Gasteiger partial charge on any atom is -0.478 e. The molecule has 0 atom stereocenters. The average molecular weight is 385 g/mol. The molecule has 10 heteroatoms. The molecule has 0 fully saturated rings. The smallest absolute Gasteiger partial charge is 0.419 e. The Morgan fingerprint density at radius 3 is 2.69 bits per heavy atom. The number of hydrogen-bond acceptors (Lipinski definition) is 4. The van der Waals surface area contributed by atoms with E-state index in [9.17, 15) is 22.4 Å². The highest BCUT2D eigenvalue weighted by Gasteiger charge is 2.34. The second-order valence-corrected chi connectivity index (χ2v) is 6.65. The van der Waals surface area contributed by atoms with Crippen molar-refractivity contribution in [3.05, 3.63) is 58.1 Å². The summed E-state index contributed by atoms with van der Waals surface area (Å²) in [5, 5.41) is 13.1. The van der Waals surface area contributed by atoms with E-state index in [0.29, 0.717) is 10.7 Å². The maximum absolute atomic E-state index is 13.4. The number of carboxylic acids is 1. The summed E-state index contributed by atoms with van der Waals surface area (Å²) in [5.41, 5.74) is -0.623. The van der Waals surface area contributed by atoms with Gasteiger partial charge in [-0.15, -0.1) is 11.3 Å². The van der Waals surface area contributed by atoms with E-state index in [-0.39, 0.29) is 17.7 Å². The third-order valence-electron chi connectivity index (χ3n) is 3.60. The average Bonchev–Trinajstić information content (AvgIpc) is 3.15. The molecule has 0 saturated heterocycles. The van der Waals surface area contributed by atoms with E-state index in [2.05, 4.69) is 10.1 Å². The van der Waals surface area contributed by atoms with Gasteiger partial charge >= 0.3 is 12.1 Å². The van der Waals surface area contributed by atoms with Crippen molar-refractivity contribution in [2.45, 2.75) is 19.6 Å². The van der Waals surface area contributed by atoms with Gasteiger partial charge in [-0.2, -0.15) is 18.3 Å². The van der Waals surface area contributed by atoms with E-state index in [1.165, 1.54) is 34.5 Å². The number of carbonyl (C=O) groups is 1.